The van der Waals surface area contributed by atoms with Crippen LogP contribution in [0.1, 0.15) is 0 Å². The predicted octanol–water partition coefficient (Wildman–Crippen LogP) is 2.55. The molecule has 100 valence electrons. The molecule has 1 heterocycles. The number of ether oxygens (including phenoxy) is 1. The molecule has 19 heavy (non-hydrogen) atoms. The maximum Gasteiger partial charge on any atom is 0.336 e. The first-order chi connectivity index (χ1) is 8.91. The smallest absolute Gasteiger partial charge is 0.336 e. The van der Waals surface area contributed by atoms with Crippen molar-refractivity contribution in [3.05, 3.63) is 42.3 Å². The normalized spacial score (nSPS) is 11.3. The second-order valence-corrected chi connectivity index (χ2v) is 4.97. The number of benzene rings is 1. The van der Waals surface area contributed by atoms with Crippen LogP contribution in [0.25, 0.3) is 11.3 Å². The van der Waals surface area contributed by atoms with Crippen LogP contribution in [0.2, 0.25) is 0 Å². The van der Waals surface area contributed by atoms with Crippen LogP contribution in [0, 0.1) is 5.95 Å². The van der Waals surface area contributed by atoms with Crippen LogP contribution in [0.4, 0.5) is 8.28 Å². The molecular formula is C12H9F2NO3S. The topological polar surface area (TPSA) is 56.3 Å². The Morgan fingerprint density at radius 1 is 1.21 bits per heavy atom. The fourth-order valence-corrected chi connectivity index (χ4v) is 2.02. The van der Waals surface area contributed by atoms with Crippen molar-refractivity contribution >= 4 is 10.2 Å². The molecule has 1 aromatic carbocycles. The average Bonchev–Trinajstić information content (AvgIpc) is 2.37. The van der Waals surface area contributed by atoms with E-state index in [0.29, 0.717) is 11.3 Å². The highest BCUT2D eigenvalue weighted by molar-refractivity contribution is 7.86. The second-order valence-electron chi connectivity index (χ2n) is 3.66. The summed E-state index contributed by atoms with van der Waals surface area (Å²) in [6, 6.07) is 8.68. The largest absolute Gasteiger partial charge is 0.497 e. The van der Waals surface area contributed by atoms with E-state index in [1.54, 1.807) is 24.3 Å². The summed E-state index contributed by atoms with van der Waals surface area (Å²) in [4.78, 5) is 2.37. The Labute approximate surface area is 108 Å². The molecule has 1 aromatic heterocycles. The quantitative estimate of drug-likeness (QED) is 0.642. The number of nitrogens with zero attached hydrogens (tertiary/aromatic N) is 1. The van der Waals surface area contributed by atoms with Gasteiger partial charge in [-0.05, 0) is 24.3 Å². The van der Waals surface area contributed by atoms with Crippen LogP contribution in [0.3, 0.4) is 0 Å². The van der Waals surface area contributed by atoms with Crippen molar-refractivity contribution in [2.24, 2.45) is 0 Å². The molecule has 4 nitrogen and oxygen atoms in total. The summed E-state index contributed by atoms with van der Waals surface area (Å²) < 4.78 is 52.4. The summed E-state index contributed by atoms with van der Waals surface area (Å²) in [5.41, 5.74) is 0.713. The molecule has 0 N–H and O–H groups in total. The Kier molecular flexibility index (Phi) is 3.48. The summed E-state index contributed by atoms with van der Waals surface area (Å²) >= 11 is 0. The van der Waals surface area contributed by atoms with E-state index >= 15 is 0 Å². The van der Waals surface area contributed by atoms with Crippen molar-refractivity contribution in [3.63, 3.8) is 0 Å². The zero-order chi connectivity index (χ0) is 14.0. The molecular weight excluding hydrogens is 276 g/mol. The van der Waals surface area contributed by atoms with Gasteiger partial charge in [0.1, 0.15) is 5.75 Å². The fourth-order valence-electron chi connectivity index (χ4n) is 1.55. The van der Waals surface area contributed by atoms with Crippen molar-refractivity contribution < 1.29 is 21.4 Å². The molecule has 0 atom stereocenters. The number of pyridine rings is 1. The van der Waals surface area contributed by atoms with E-state index < -0.39 is 21.1 Å². The van der Waals surface area contributed by atoms with Crippen LogP contribution in [0.15, 0.2) is 41.3 Å². The van der Waals surface area contributed by atoms with Crippen molar-refractivity contribution in [1.29, 1.82) is 0 Å². The molecule has 0 spiro atoms. The lowest BCUT2D eigenvalue weighted by atomic mass is 10.1. The number of rotatable bonds is 3. The van der Waals surface area contributed by atoms with Crippen LogP contribution in [-0.4, -0.2) is 20.5 Å². The maximum absolute atomic E-state index is 13.5. The van der Waals surface area contributed by atoms with Crippen LogP contribution < -0.4 is 4.74 Å². The van der Waals surface area contributed by atoms with Gasteiger partial charge in [-0.3, -0.25) is 0 Å². The Bertz CT molecular complexity index is 717. The van der Waals surface area contributed by atoms with Gasteiger partial charge in [0.25, 0.3) is 0 Å². The third-order valence-electron chi connectivity index (χ3n) is 2.44. The molecule has 7 heteroatoms. The lowest BCUT2D eigenvalue weighted by Gasteiger charge is -2.05. The molecule has 0 saturated heterocycles. The van der Waals surface area contributed by atoms with Crippen LogP contribution in [-0.2, 0) is 10.2 Å². The van der Waals surface area contributed by atoms with Gasteiger partial charge in [-0.15, -0.1) is 3.89 Å². The first-order valence-corrected chi connectivity index (χ1v) is 6.56. The molecule has 0 unspecified atom stereocenters. The SMILES string of the molecule is COc1cccc(-c2ccc(S(=O)(=O)F)c(F)n2)c1. The summed E-state index contributed by atoms with van der Waals surface area (Å²) in [6.07, 6.45) is 0. The van der Waals surface area contributed by atoms with Crippen molar-refractivity contribution in [2.45, 2.75) is 4.90 Å². The average molecular weight is 285 g/mol. The van der Waals surface area contributed by atoms with Gasteiger partial charge in [-0.2, -0.15) is 12.8 Å². The summed E-state index contributed by atoms with van der Waals surface area (Å²) in [6.45, 7) is 0. The highest BCUT2D eigenvalue weighted by atomic mass is 32.3. The van der Waals surface area contributed by atoms with Gasteiger partial charge in [0.05, 0.1) is 12.8 Å². The first-order valence-electron chi connectivity index (χ1n) is 5.17. The van der Waals surface area contributed by atoms with Crippen molar-refractivity contribution in [3.8, 4) is 17.0 Å². The molecule has 0 fully saturated rings. The highest BCUT2D eigenvalue weighted by Crippen LogP contribution is 2.24. The fraction of sp³-hybridized carbons (Fsp3) is 0.0833. The Morgan fingerprint density at radius 3 is 2.53 bits per heavy atom. The molecule has 2 rings (SSSR count). The molecule has 0 saturated carbocycles. The minimum absolute atomic E-state index is 0.184. The third kappa shape index (κ3) is 2.87. The molecule has 0 bridgehead atoms. The number of hydrogen-bond acceptors (Lipinski definition) is 4. The predicted molar refractivity (Wildman–Crippen MR) is 64.5 cm³/mol. The minimum atomic E-state index is -5.11. The molecule has 0 aliphatic carbocycles. The Balaban J connectivity index is 2.50. The summed E-state index contributed by atoms with van der Waals surface area (Å²) in [5, 5.41) is 0. The Morgan fingerprint density at radius 2 is 1.95 bits per heavy atom. The second kappa shape index (κ2) is 4.93. The number of hydrogen-bond donors (Lipinski definition) is 0. The number of methoxy groups -OCH3 is 1. The third-order valence-corrected chi connectivity index (χ3v) is 3.27. The van der Waals surface area contributed by atoms with E-state index in [-0.39, 0.29) is 5.69 Å². The molecule has 0 amide bonds. The van der Waals surface area contributed by atoms with Gasteiger partial charge in [-0.25, -0.2) is 4.98 Å². The van der Waals surface area contributed by atoms with E-state index in [0.717, 1.165) is 6.07 Å². The lowest BCUT2D eigenvalue weighted by molar-refractivity contribution is 0.415. The number of aromatic nitrogens is 1. The van der Waals surface area contributed by atoms with Crippen molar-refractivity contribution in [1.82, 2.24) is 4.98 Å². The van der Waals surface area contributed by atoms with Gasteiger partial charge < -0.3 is 4.74 Å². The minimum Gasteiger partial charge on any atom is -0.497 e. The standard InChI is InChI=1S/C12H9F2NO3S/c1-18-9-4-2-3-8(7-9)10-5-6-11(12(13)15-10)19(14,16)17/h2-7H,1H3. The van der Waals surface area contributed by atoms with Gasteiger partial charge in [-0.1, -0.05) is 12.1 Å². The number of halogens is 2. The molecule has 0 aliphatic rings. The molecule has 0 aliphatic heterocycles. The van der Waals surface area contributed by atoms with E-state index in [1.165, 1.54) is 13.2 Å². The van der Waals surface area contributed by atoms with Gasteiger partial charge in [0, 0.05) is 5.56 Å². The lowest BCUT2D eigenvalue weighted by Crippen LogP contribution is -2.00. The first kappa shape index (κ1) is 13.4. The van der Waals surface area contributed by atoms with E-state index in [1.807, 2.05) is 0 Å². The maximum atomic E-state index is 13.5. The highest BCUT2D eigenvalue weighted by Gasteiger charge is 2.19. The summed E-state index contributed by atoms with van der Waals surface area (Å²) in [5.74, 6) is -0.829. The zero-order valence-corrected chi connectivity index (χ0v) is 10.6. The monoisotopic (exact) mass is 285 g/mol. The van der Waals surface area contributed by atoms with Crippen LogP contribution in [0.5, 0.6) is 5.75 Å². The van der Waals surface area contributed by atoms with E-state index in [9.17, 15) is 16.7 Å². The van der Waals surface area contributed by atoms with Gasteiger partial charge in [0.15, 0.2) is 4.90 Å². The summed E-state index contributed by atoms with van der Waals surface area (Å²) in [7, 11) is -3.63. The van der Waals surface area contributed by atoms with Gasteiger partial charge >= 0.3 is 10.2 Å². The van der Waals surface area contributed by atoms with Crippen LogP contribution >= 0.6 is 0 Å². The van der Waals surface area contributed by atoms with E-state index in [2.05, 4.69) is 4.98 Å². The zero-order valence-electron chi connectivity index (χ0n) is 9.80. The molecule has 2 aromatic rings. The molecule has 0 radical (unpaired) electrons. The van der Waals surface area contributed by atoms with Crippen molar-refractivity contribution in [2.75, 3.05) is 7.11 Å². The van der Waals surface area contributed by atoms with E-state index in [4.69, 9.17) is 4.74 Å². The van der Waals surface area contributed by atoms with Gasteiger partial charge in [0.2, 0.25) is 5.95 Å². The Hall–Kier alpha value is -2.02.